The van der Waals surface area contributed by atoms with Gasteiger partial charge in [0, 0.05) is 11.5 Å². The van der Waals surface area contributed by atoms with Crippen LogP contribution < -0.4 is 0 Å². The maximum atomic E-state index is 13.4. The van der Waals surface area contributed by atoms with Crippen LogP contribution in [-0.4, -0.2) is 18.1 Å². The zero-order valence-electron chi connectivity index (χ0n) is 12.1. The Labute approximate surface area is 126 Å². The van der Waals surface area contributed by atoms with Gasteiger partial charge in [0.2, 0.25) is 5.89 Å². The van der Waals surface area contributed by atoms with Crippen LogP contribution >= 0.6 is 0 Å². The van der Waals surface area contributed by atoms with Crippen LogP contribution in [0.2, 0.25) is 0 Å². The molecular weight excluding hydrogens is 292 g/mol. The molecule has 1 heterocycles. The van der Waals surface area contributed by atoms with E-state index in [0.717, 1.165) is 37.8 Å². The van der Waals surface area contributed by atoms with Crippen molar-refractivity contribution in [3.63, 3.8) is 0 Å². The number of esters is 1. The highest BCUT2D eigenvalue weighted by Crippen LogP contribution is 2.38. The largest absolute Gasteiger partial charge is 0.464 e. The first-order valence-corrected chi connectivity index (χ1v) is 7.14. The molecule has 3 rings (SSSR count). The van der Waals surface area contributed by atoms with Gasteiger partial charge in [0.05, 0.1) is 7.11 Å². The van der Waals surface area contributed by atoms with Crippen LogP contribution in [-0.2, 0) is 4.74 Å². The van der Waals surface area contributed by atoms with E-state index in [-0.39, 0.29) is 23.1 Å². The van der Waals surface area contributed by atoms with E-state index in [1.54, 1.807) is 0 Å². The topological polar surface area (TPSA) is 52.3 Å². The average Bonchev–Trinajstić information content (AvgIpc) is 3.17. The van der Waals surface area contributed by atoms with Crippen molar-refractivity contribution in [1.82, 2.24) is 4.98 Å². The van der Waals surface area contributed by atoms with Crippen molar-refractivity contribution in [1.29, 1.82) is 0 Å². The van der Waals surface area contributed by atoms with Gasteiger partial charge in [-0.1, -0.05) is 12.8 Å². The summed E-state index contributed by atoms with van der Waals surface area (Å²) >= 11 is 0. The summed E-state index contributed by atoms with van der Waals surface area (Å²) in [4.78, 5) is 16.0. The van der Waals surface area contributed by atoms with Gasteiger partial charge in [-0.25, -0.2) is 18.6 Å². The summed E-state index contributed by atoms with van der Waals surface area (Å²) in [5, 5.41) is 0. The number of halogens is 2. The number of rotatable bonds is 3. The summed E-state index contributed by atoms with van der Waals surface area (Å²) in [6.07, 6.45) is 3.95. The summed E-state index contributed by atoms with van der Waals surface area (Å²) in [7, 11) is 1.27. The fourth-order valence-electron chi connectivity index (χ4n) is 2.79. The summed E-state index contributed by atoms with van der Waals surface area (Å²) in [5.74, 6) is -1.83. The number of hydrogen-bond donors (Lipinski definition) is 0. The summed E-state index contributed by atoms with van der Waals surface area (Å²) in [6, 6.07) is 3.37. The molecule has 4 nitrogen and oxygen atoms in total. The smallest absolute Gasteiger partial charge is 0.360 e. The van der Waals surface area contributed by atoms with Crippen molar-refractivity contribution in [2.75, 3.05) is 7.11 Å². The SMILES string of the molecule is COC(=O)c1nc(-c2ccc(F)c(F)c2)oc1C1CCCC1. The lowest BCUT2D eigenvalue weighted by atomic mass is 10.0. The molecule has 0 N–H and O–H groups in total. The van der Waals surface area contributed by atoms with E-state index >= 15 is 0 Å². The Balaban J connectivity index is 2.04. The third kappa shape index (κ3) is 2.61. The Bertz CT molecular complexity index is 705. The zero-order chi connectivity index (χ0) is 15.7. The Morgan fingerprint density at radius 3 is 2.64 bits per heavy atom. The van der Waals surface area contributed by atoms with Crippen molar-refractivity contribution in [3.8, 4) is 11.5 Å². The number of methoxy groups -OCH3 is 1. The van der Waals surface area contributed by atoms with Gasteiger partial charge >= 0.3 is 5.97 Å². The van der Waals surface area contributed by atoms with Crippen LogP contribution in [0, 0.1) is 11.6 Å². The second kappa shape index (κ2) is 5.87. The molecule has 22 heavy (non-hydrogen) atoms. The van der Waals surface area contributed by atoms with E-state index in [1.165, 1.54) is 13.2 Å². The number of aromatic nitrogens is 1. The van der Waals surface area contributed by atoms with E-state index in [9.17, 15) is 13.6 Å². The highest BCUT2D eigenvalue weighted by molar-refractivity contribution is 5.89. The van der Waals surface area contributed by atoms with Crippen LogP contribution in [0.3, 0.4) is 0 Å². The molecule has 0 radical (unpaired) electrons. The van der Waals surface area contributed by atoms with E-state index in [2.05, 4.69) is 4.98 Å². The standard InChI is InChI=1S/C16H15F2NO3/c1-21-16(20)13-14(9-4-2-3-5-9)22-15(19-13)10-6-7-11(17)12(18)8-10/h6-9H,2-5H2,1H3. The molecule has 0 unspecified atom stereocenters. The van der Waals surface area contributed by atoms with Crippen molar-refractivity contribution in [2.45, 2.75) is 31.6 Å². The lowest BCUT2D eigenvalue weighted by molar-refractivity contribution is 0.0591. The predicted octanol–water partition coefficient (Wildman–Crippen LogP) is 4.06. The van der Waals surface area contributed by atoms with E-state index < -0.39 is 17.6 Å². The maximum Gasteiger partial charge on any atom is 0.360 e. The Morgan fingerprint density at radius 2 is 2.00 bits per heavy atom. The molecule has 0 aliphatic heterocycles. The molecule has 6 heteroatoms. The number of carbonyl (C=O) groups excluding carboxylic acids is 1. The van der Waals surface area contributed by atoms with E-state index in [4.69, 9.17) is 9.15 Å². The number of nitrogens with zero attached hydrogens (tertiary/aromatic N) is 1. The molecule has 0 amide bonds. The first-order valence-electron chi connectivity index (χ1n) is 7.14. The van der Waals surface area contributed by atoms with Crippen LogP contribution in [0.25, 0.3) is 11.5 Å². The van der Waals surface area contributed by atoms with Crippen LogP contribution in [0.5, 0.6) is 0 Å². The quantitative estimate of drug-likeness (QED) is 0.802. The third-order valence-electron chi connectivity index (χ3n) is 3.92. The highest BCUT2D eigenvalue weighted by Gasteiger charge is 2.29. The summed E-state index contributed by atoms with van der Waals surface area (Å²) in [6.45, 7) is 0. The van der Waals surface area contributed by atoms with E-state index in [0.29, 0.717) is 5.76 Å². The maximum absolute atomic E-state index is 13.4. The van der Waals surface area contributed by atoms with Crippen molar-refractivity contribution in [2.24, 2.45) is 0 Å². The molecule has 1 aliphatic carbocycles. The summed E-state index contributed by atoms with van der Waals surface area (Å²) < 4.78 is 36.8. The molecule has 2 aromatic rings. The average molecular weight is 307 g/mol. The lowest BCUT2D eigenvalue weighted by Gasteiger charge is -2.05. The fourth-order valence-corrected chi connectivity index (χ4v) is 2.79. The second-order valence-corrected chi connectivity index (χ2v) is 5.33. The molecule has 1 aromatic heterocycles. The minimum Gasteiger partial charge on any atom is -0.464 e. The van der Waals surface area contributed by atoms with Crippen molar-refractivity contribution < 1.29 is 22.7 Å². The Hall–Kier alpha value is -2.24. The molecule has 0 saturated heterocycles. The monoisotopic (exact) mass is 307 g/mol. The summed E-state index contributed by atoms with van der Waals surface area (Å²) in [5.41, 5.74) is 0.405. The van der Waals surface area contributed by atoms with Gasteiger partial charge in [0.15, 0.2) is 17.3 Å². The van der Waals surface area contributed by atoms with Crippen LogP contribution in [0.1, 0.15) is 47.8 Å². The van der Waals surface area contributed by atoms with Crippen LogP contribution in [0.4, 0.5) is 8.78 Å². The molecule has 1 fully saturated rings. The first-order chi connectivity index (χ1) is 10.6. The van der Waals surface area contributed by atoms with Gasteiger partial charge in [0.25, 0.3) is 0 Å². The third-order valence-corrected chi connectivity index (χ3v) is 3.92. The van der Waals surface area contributed by atoms with Gasteiger partial charge in [-0.2, -0.15) is 0 Å². The van der Waals surface area contributed by atoms with Gasteiger partial charge < -0.3 is 9.15 Å². The number of benzene rings is 1. The van der Waals surface area contributed by atoms with Gasteiger partial charge in [-0.3, -0.25) is 0 Å². The van der Waals surface area contributed by atoms with Crippen molar-refractivity contribution in [3.05, 3.63) is 41.3 Å². The number of ether oxygens (including phenoxy) is 1. The van der Waals surface area contributed by atoms with Crippen molar-refractivity contribution >= 4 is 5.97 Å². The normalized spacial score (nSPS) is 15.2. The lowest BCUT2D eigenvalue weighted by Crippen LogP contribution is -2.07. The number of hydrogen-bond acceptors (Lipinski definition) is 4. The molecule has 1 aromatic carbocycles. The molecule has 0 bridgehead atoms. The molecule has 0 atom stereocenters. The predicted molar refractivity (Wildman–Crippen MR) is 74.4 cm³/mol. The molecule has 1 saturated carbocycles. The Kier molecular flexibility index (Phi) is 3.92. The minimum atomic E-state index is -0.988. The number of carbonyl (C=O) groups is 1. The fraction of sp³-hybridized carbons (Fsp3) is 0.375. The first kappa shape index (κ1) is 14.7. The minimum absolute atomic E-state index is 0.0983. The van der Waals surface area contributed by atoms with Gasteiger partial charge in [-0.05, 0) is 31.0 Å². The molecule has 116 valence electrons. The van der Waals surface area contributed by atoms with Crippen LogP contribution in [0.15, 0.2) is 22.6 Å². The van der Waals surface area contributed by atoms with E-state index in [1.807, 2.05) is 0 Å². The molecule has 1 aliphatic rings. The molecule has 0 spiro atoms. The van der Waals surface area contributed by atoms with Gasteiger partial charge in [0.1, 0.15) is 5.76 Å². The highest BCUT2D eigenvalue weighted by atomic mass is 19.2. The second-order valence-electron chi connectivity index (χ2n) is 5.33. The number of oxazole rings is 1. The molecular formula is C16H15F2NO3. The zero-order valence-corrected chi connectivity index (χ0v) is 12.1. The Morgan fingerprint density at radius 1 is 1.27 bits per heavy atom. The van der Waals surface area contributed by atoms with Gasteiger partial charge in [-0.15, -0.1) is 0 Å².